The summed E-state index contributed by atoms with van der Waals surface area (Å²) < 4.78 is 25.4. The van der Waals surface area contributed by atoms with Gasteiger partial charge in [-0.15, -0.1) is 23.9 Å². The van der Waals surface area contributed by atoms with E-state index in [-0.39, 0.29) is 11.7 Å². The molecule has 15 heavy (non-hydrogen) atoms. The van der Waals surface area contributed by atoms with E-state index >= 15 is 0 Å². The number of terminal acetylenes is 1. The number of hydrogen-bond acceptors (Lipinski definition) is 2. The SMILES string of the molecule is C#CCCCCNS(=O)(=O)CC(C)CCl. The summed E-state index contributed by atoms with van der Waals surface area (Å²) >= 11 is 5.55. The third-order valence-corrected chi connectivity index (χ3v) is 4.02. The highest BCUT2D eigenvalue weighted by molar-refractivity contribution is 7.89. The van der Waals surface area contributed by atoms with Crippen molar-refractivity contribution in [3.05, 3.63) is 0 Å². The first-order valence-corrected chi connectivity index (χ1v) is 7.17. The minimum atomic E-state index is -3.17. The number of hydrogen-bond donors (Lipinski definition) is 1. The molecule has 0 bridgehead atoms. The first-order chi connectivity index (χ1) is 7.02. The summed E-state index contributed by atoms with van der Waals surface area (Å²) in [6.07, 6.45) is 7.40. The second kappa shape index (κ2) is 7.98. The fourth-order valence-corrected chi connectivity index (χ4v) is 2.74. The highest BCUT2D eigenvalue weighted by atomic mass is 35.5. The molecular formula is C10H18ClNO2S. The molecular weight excluding hydrogens is 234 g/mol. The zero-order valence-corrected chi connectivity index (χ0v) is 10.6. The standard InChI is InChI=1S/C10H18ClNO2S/c1-3-4-5-6-7-12-15(13,14)9-10(2)8-11/h1,10,12H,4-9H2,2H3. The van der Waals surface area contributed by atoms with E-state index in [9.17, 15) is 8.42 Å². The van der Waals surface area contributed by atoms with Gasteiger partial charge in [0.15, 0.2) is 0 Å². The molecule has 1 N–H and O–H groups in total. The molecule has 88 valence electrons. The average Bonchev–Trinajstić information content (AvgIpc) is 2.16. The van der Waals surface area contributed by atoms with Crippen LogP contribution in [0.3, 0.4) is 0 Å². The maximum absolute atomic E-state index is 11.4. The second-order valence-corrected chi connectivity index (χ2v) is 5.76. The van der Waals surface area contributed by atoms with Crippen LogP contribution in [0.25, 0.3) is 0 Å². The van der Waals surface area contributed by atoms with Crippen molar-refractivity contribution in [1.82, 2.24) is 4.72 Å². The Morgan fingerprint density at radius 3 is 2.67 bits per heavy atom. The van der Waals surface area contributed by atoms with E-state index in [0.29, 0.717) is 18.8 Å². The molecule has 0 aliphatic heterocycles. The van der Waals surface area contributed by atoms with Crippen molar-refractivity contribution in [2.45, 2.75) is 26.2 Å². The number of rotatable bonds is 8. The summed E-state index contributed by atoms with van der Waals surface area (Å²) in [5.74, 6) is 2.94. The molecule has 0 aliphatic carbocycles. The van der Waals surface area contributed by atoms with Gasteiger partial charge in [0.05, 0.1) is 5.75 Å². The molecule has 0 amide bonds. The Morgan fingerprint density at radius 1 is 1.47 bits per heavy atom. The molecule has 0 aliphatic rings. The van der Waals surface area contributed by atoms with Crippen LogP contribution in [0, 0.1) is 18.3 Å². The third-order valence-electron chi connectivity index (χ3n) is 1.84. The summed E-state index contributed by atoms with van der Waals surface area (Å²) in [7, 11) is -3.17. The normalized spacial score (nSPS) is 13.4. The lowest BCUT2D eigenvalue weighted by Crippen LogP contribution is -2.30. The van der Waals surface area contributed by atoms with Crippen LogP contribution in [0.4, 0.5) is 0 Å². The monoisotopic (exact) mass is 251 g/mol. The van der Waals surface area contributed by atoms with Crippen LogP contribution in [-0.4, -0.2) is 26.6 Å². The smallest absolute Gasteiger partial charge is 0.211 e. The lowest BCUT2D eigenvalue weighted by molar-refractivity contribution is 0.565. The van der Waals surface area contributed by atoms with Gasteiger partial charge in [-0.2, -0.15) is 0 Å². The predicted molar refractivity (Wildman–Crippen MR) is 64.4 cm³/mol. The Hall–Kier alpha value is -0.240. The zero-order chi connectivity index (χ0) is 11.7. The molecule has 0 aromatic heterocycles. The fraction of sp³-hybridized carbons (Fsp3) is 0.800. The number of sulfonamides is 1. The molecule has 0 saturated carbocycles. The van der Waals surface area contributed by atoms with E-state index in [0.717, 1.165) is 12.8 Å². The minimum absolute atomic E-state index is 0.0186. The molecule has 0 spiro atoms. The number of alkyl halides is 1. The van der Waals surface area contributed by atoms with Gasteiger partial charge in [0, 0.05) is 18.8 Å². The van der Waals surface area contributed by atoms with Crippen LogP contribution in [0.5, 0.6) is 0 Å². The zero-order valence-electron chi connectivity index (χ0n) is 9.00. The molecule has 0 rings (SSSR count). The van der Waals surface area contributed by atoms with Crippen LogP contribution in [0.2, 0.25) is 0 Å². The topological polar surface area (TPSA) is 46.2 Å². The Morgan fingerprint density at radius 2 is 2.13 bits per heavy atom. The van der Waals surface area contributed by atoms with E-state index in [1.165, 1.54) is 0 Å². The molecule has 1 unspecified atom stereocenters. The van der Waals surface area contributed by atoms with E-state index in [2.05, 4.69) is 10.6 Å². The molecule has 0 aromatic rings. The maximum Gasteiger partial charge on any atom is 0.211 e. The first kappa shape index (κ1) is 14.8. The van der Waals surface area contributed by atoms with Gasteiger partial charge < -0.3 is 0 Å². The minimum Gasteiger partial charge on any atom is -0.215 e. The highest BCUT2D eigenvalue weighted by Crippen LogP contribution is 2.02. The van der Waals surface area contributed by atoms with Crippen LogP contribution in [0.15, 0.2) is 0 Å². The molecule has 0 saturated heterocycles. The van der Waals surface area contributed by atoms with Crippen molar-refractivity contribution in [3.63, 3.8) is 0 Å². The molecule has 0 fully saturated rings. The van der Waals surface area contributed by atoms with Crippen molar-refractivity contribution < 1.29 is 8.42 Å². The van der Waals surface area contributed by atoms with Gasteiger partial charge >= 0.3 is 0 Å². The van der Waals surface area contributed by atoms with E-state index in [1.807, 2.05) is 6.92 Å². The van der Waals surface area contributed by atoms with E-state index in [4.69, 9.17) is 18.0 Å². The third kappa shape index (κ3) is 8.73. The van der Waals surface area contributed by atoms with Gasteiger partial charge in [-0.1, -0.05) is 6.92 Å². The summed E-state index contributed by atoms with van der Waals surface area (Å²) in [6, 6.07) is 0. The Kier molecular flexibility index (Phi) is 7.85. The van der Waals surface area contributed by atoms with Gasteiger partial charge in [0.2, 0.25) is 10.0 Å². The maximum atomic E-state index is 11.4. The first-order valence-electron chi connectivity index (χ1n) is 4.98. The molecule has 5 heteroatoms. The molecule has 1 atom stereocenters. The largest absolute Gasteiger partial charge is 0.215 e. The number of nitrogens with one attached hydrogen (secondary N) is 1. The number of halogens is 1. The Labute approximate surface area is 97.6 Å². The van der Waals surface area contributed by atoms with Gasteiger partial charge in [-0.3, -0.25) is 0 Å². The summed E-state index contributed by atoms with van der Waals surface area (Å²) in [4.78, 5) is 0. The molecule has 0 radical (unpaired) electrons. The van der Waals surface area contributed by atoms with Gasteiger partial charge in [-0.05, 0) is 18.8 Å². The van der Waals surface area contributed by atoms with Crippen molar-refractivity contribution in [2.24, 2.45) is 5.92 Å². The van der Waals surface area contributed by atoms with E-state index < -0.39 is 10.0 Å². The van der Waals surface area contributed by atoms with Crippen LogP contribution in [0.1, 0.15) is 26.2 Å². The van der Waals surface area contributed by atoms with Gasteiger partial charge in [0.25, 0.3) is 0 Å². The molecule has 0 aromatic carbocycles. The van der Waals surface area contributed by atoms with Crippen LogP contribution >= 0.6 is 11.6 Å². The second-order valence-electron chi connectivity index (χ2n) is 3.60. The van der Waals surface area contributed by atoms with Crippen molar-refractivity contribution >= 4 is 21.6 Å². The molecule has 0 heterocycles. The highest BCUT2D eigenvalue weighted by Gasteiger charge is 2.13. The molecule has 3 nitrogen and oxygen atoms in total. The quantitative estimate of drug-likeness (QED) is 0.405. The summed E-state index contributed by atoms with van der Waals surface area (Å²) in [5.41, 5.74) is 0. The Bertz CT molecular complexity index is 295. The predicted octanol–water partition coefficient (Wildman–Crippen LogP) is 1.58. The van der Waals surface area contributed by atoms with Crippen molar-refractivity contribution in [2.75, 3.05) is 18.2 Å². The van der Waals surface area contributed by atoms with E-state index in [1.54, 1.807) is 0 Å². The number of unbranched alkanes of at least 4 members (excludes halogenated alkanes) is 2. The van der Waals surface area contributed by atoms with Crippen molar-refractivity contribution in [3.8, 4) is 12.3 Å². The Balaban J connectivity index is 3.71. The fourth-order valence-electron chi connectivity index (χ4n) is 1.06. The summed E-state index contributed by atoms with van der Waals surface area (Å²) in [6.45, 7) is 2.27. The average molecular weight is 252 g/mol. The lowest BCUT2D eigenvalue weighted by atomic mass is 10.2. The van der Waals surface area contributed by atoms with Crippen LogP contribution in [-0.2, 0) is 10.0 Å². The van der Waals surface area contributed by atoms with Crippen molar-refractivity contribution in [1.29, 1.82) is 0 Å². The summed E-state index contributed by atoms with van der Waals surface area (Å²) in [5, 5.41) is 0. The van der Waals surface area contributed by atoms with Crippen LogP contribution < -0.4 is 4.72 Å². The van der Waals surface area contributed by atoms with Gasteiger partial charge in [-0.25, -0.2) is 13.1 Å². The van der Waals surface area contributed by atoms with Gasteiger partial charge in [0.1, 0.15) is 0 Å². The lowest BCUT2D eigenvalue weighted by Gasteiger charge is -2.09.